The lowest BCUT2D eigenvalue weighted by Crippen LogP contribution is -2.54. The first-order valence-corrected chi connectivity index (χ1v) is 8.08. The first-order valence-electron chi connectivity index (χ1n) is 8.08. The normalized spacial score (nSPS) is 34.0. The van der Waals surface area contributed by atoms with E-state index in [1.807, 2.05) is 11.8 Å². The van der Waals surface area contributed by atoms with Crippen LogP contribution < -0.4 is 0 Å². The van der Waals surface area contributed by atoms with E-state index >= 15 is 0 Å². The quantitative estimate of drug-likeness (QED) is 0.838. The Morgan fingerprint density at radius 1 is 1.29 bits per heavy atom. The maximum absolute atomic E-state index is 12.9. The second-order valence-electron chi connectivity index (χ2n) is 6.29. The molecule has 3 rings (SSSR count). The molecule has 0 spiro atoms. The molecule has 0 aromatic heterocycles. The molecule has 1 aliphatic carbocycles. The third-order valence-electron chi connectivity index (χ3n) is 5.02. The van der Waals surface area contributed by atoms with E-state index in [-0.39, 0.29) is 24.0 Å². The lowest BCUT2D eigenvalue weighted by atomic mass is 9.93. The fraction of sp³-hybridized carbons (Fsp3) is 0.812. The fourth-order valence-corrected chi connectivity index (χ4v) is 3.82. The Morgan fingerprint density at radius 2 is 2.14 bits per heavy atom. The van der Waals surface area contributed by atoms with Gasteiger partial charge < -0.3 is 19.5 Å². The summed E-state index contributed by atoms with van der Waals surface area (Å²) in [6.45, 7) is 4.32. The molecule has 2 heterocycles. The highest BCUT2D eigenvalue weighted by Crippen LogP contribution is 2.33. The number of hydrogen-bond acceptors (Lipinski definition) is 4. The molecule has 3 aliphatic rings. The lowest BCUT2D eigenvalue weighted by Gasteiger charge is -2.41. The van der Waals surface area contributed by atoms with Crippen LogP contribution in [-0.4, -0.2) is 54.4 Å². The molecule has 5 heteroatoms. The highest BCUT2D eigenvalue weighted by Gasteiger charge is 2.40. The summed E-state index contributed by atoms with van der Waals surface area (Å²) < 4.78 is 11.1. The van der Waals surface area contributed by atoms with Gasteiger partial charge >= 0.3 is 0 Å². The van der Waals surface area contributed by atoms with E-state index in [9.17, 15) is 9.90 Å². The van der Waals surface area contributed by atoms with Crippen LogP contribution in [-0.2, 0) is 14.3 Å². The Kier molecular flexibility index (Phi) is 4.50. The first-order chi connectivity index (χ1) is 10.2. The van der Waals surface area contributed by atoms with Crippen molar-refractivity contribution in [3.8, 4) is 0 Å². The number of ether oxygens (including phenoxy) is 2. The SMILES string of the molecule is CC1=C(C(=O)N2CCOC[C@@H]2[C@@H]2CCC[C@@H]2O)CCCO1. The molecule has 0 aromatic rings. The van der Waals surface area contributed by atoms with E-state index in [2.05, 4.69) is 0 Å². The Balaban J connectivity index is 1.79. The van der Waals surface area contributed by atoms with Gasteiger partial charge in [0.15, 0.2) is 0 Å². The van der Waals surface area contributed by atoms with Crippen molar-refractivity contribution >= 4 is 5.91 Å². The van der Waals surface area contributed by atoms with Gasteiger partial charge in [0, 0.05) is 12.5 Å². The van der Waals surface area contributed by atoms with Gasteiger partial charge in [-0.1, -0.05) is 6.42 Å². The zero-order chi connectivity index (χ0) is 14.8. The molecule has 0 radical (unpaired) electrons. The van der Waals surface area contributed by atoms with Gasteiger partial charge in [0.2, 0.25) is 0 Å². The average Bonchev–Trinajstić information content (AvgIpc) is 2.93. The predicted octanol–water partition coefficient (Wildman–Crippen LogP) is 1.46. The third-order valence-corrected chi connectivity index (χ3v) is 5.02. The minimum atomic E-state index is -0.301. The number of carbonyl (C=O) groups is 1. The highest BCUT2D eigenvalue weighted by atomic mass is 16.5. The van der Waals surface area contributed by atoms with Crippen LogP contribution in [0, 0.1) is 5.92 Å². The molecule has 5 nitrogen and oxygen atoms in total. The number of hydrogen-bond donors (Lipinski definition) is 1. The Hall–Kier alpha value is -1.07. The van der Waals surface area contributed by atoms with Crippen molar-refractivity contribution in [3.63, 3.8) is 0 Å². The van der Waals surface area contributed by atoms with Crippen molar-refractivity contribution in [2.24, 2.45) is 5.92 Å². The van der Waals surface area contributed by atoms with E-state index in [1.165, 1.54) is 0 Å². The van der Waals surface area contributed by atoms with Crippen molar-refractivity contribution in [3.05, 3.63) is 11.3 Å². The van der Waals surface area contributed by atoms with Crippen LogP contribution in [0.3, 0.4) is 0 Å². The van der Waals surface area contributed by atoms with Gasteiger partial charge in [-0.15, -0.1) is 0 Å². The molecule has 118 valence electrons. The number of amides is 1. The summed E-state index contributed by atoms with van der Waals surface area (Å²) in [6, 6.07) is 0.00553. The van der Waals surface area contributed by atoms with E-state index in [0.29, 0.717) is 26.4 Å². The van der Waals surface area contributed by atoms with Crippen molar-refractivity contribution in [2.45, 2.75) is 51.2 Å². The summed E-state index contributed by atoms with van der Waals surface area (Å²) >= 11 is 0. The zero-order valence-corrected chi connectivity index (χ0v) is 12.7. The predicted molar refractivity (Wildman–Crippen MR) is 77.6 cm³/mol. The molecule has 1 amide bonds. The Labute approximate surface area is 125 Å². The molecule has 0 bridgehead atoms. The molecule has 1 N–H and O–H groups in total. The van der Waals surface area contributed by atoms with Crippen LogP contribution in [0.2, 0.25) is 0 Å². The first kappa shape index (κ1) is 14.9. The molecule has 2 aliphatic heterocycles. The Bertz CT molecular complexity index is 434. The van der Waals surface area contributed by atoms with Gasteiger partial charge in [0.05, 0.1) is 37.5 Å². The van der Waals surface area contributed by atoms with E-state index in [4.69, 9.17) is 9.47 Å². The van der Waals surface area contributed by atoms with Crippen molar-refractivity contribution < 1.29 is 19.4 Å². The van der Waals surface area contributed by atoms with Crippen LogP contribution in [0.25, 0.3) is 0 Å². The molecule has 2 fully saturated rings. The van der Waals surface area contributed by atoms with Gasteiger partial charge in [0.25, 0.3) is 5.91 Å². The number of nitrogens with zero attached hydrogens (tertiary/aromatic N) is 1. The fourth-order valence-electron chi connectivity index (χ4n) is 3.82. The summed E-state index contributed by atoms with van der Waals surface area (Å²) in [5.74, 6) is 1.00. The van der Waals surface area contributed by atoms with Gasteiger partial charge in [-0.3, -0.25) is 4.79 Å². The third kappa shape index (κ3) is 2.94. The largest absolute Gasteiger partial charge is 0.498 e. The van der Waals surface area contributed by atoms with Gasteiger partial charge in [-0.05, 0) is 32.6 Å². The molecular weight excluding hydrogens is 270 g/mol. The summed E-state index contributed by atoms with van der Waals surface area (Å²) in [7, 11) is 0. The van der Waals surface area contributed by atoms with Gasteiger partial charge in [0.1, 0.15) is 5.76 Å². The van der Waals surface area contributed by atoms with E-state index in [1.54, 1.807) is 0 Å². The summed E-state index contributed by atoms with van der Waals surface area (Å²) in [5.41, 5.74) is 0.806. The second-order valence-corrected chi connectivity index (χ2v) is 6.29. The summed E-state index contributed by atoms with van der Waals surface area (Å²) in [5, 5.41) is 10.2. The minimum absolute atomic E-state index is 0.00553. The molecular formula is C16H25NO4. The number of aliphatic hydroxyl groups excluding tert-OH is 1. The standard InChI is InChI=1S/C16H25NO4/c1-11-12(5-3-8-21-11)16(19)17-7-9-20-10-14(17)13-4-2-6-15(13)18/h13-15,18H,2-10H2,1H3/t13-,14+,15-/m0/s1. The van der Waals surface area contributed by atoms with Crippen LogP contribution in [0.1, 0.15) is 39.0 Å². The smallest absolute Gasteiger partial charge is 0.253 e. The van der Waals surface area contributed by atoms with Crippen LogP contribution in [0.4, 0.5) is 0 Å². The monoisotopic (exact) mass is 295 g/mol. The van der Waals surface area contributed by atoms with E-state index in [0.717, 1.165) is 43.4 Å². The van der Waals surface area contributed by atoms with Crippen LogP contribution in [0.5, 0.6) is 0 Å². The minimum Gasteiger partial charge on any atom is -0.498 e. The van der Waals surface area contributed by atoms with Gasteiger partial charge in [-0.2, -0.15) is 0 Å². The second kappa shape index (κ2) is 6.36. The topological polar surface area (TPSA) is 59.0 Å². The van der Waals surface area contributed by atoms with Crippen molar-refractivity contribution in [2.75, 3.05) is 26.4 Å². The maximum atomic E-state index is 12.9. The molecule has 1 saturated heterocycles. The number of carbonyl (C=O) groups excluding carboxylic acids is 1. The molecule has 21 heavy (non-hydrogen) atoms. The lowest BCUT2D eigenvalue weighted by molar-refractivity contribution is -0.140. The number of allylic oxidation sites excluding steroid dienone is 1. The molecule has 0 aromatic carbocycles. The van der Waals surface area contributed by atoms with Crippen LogP contribution in [0.15, 0.2) is 11.3 Å². The van der Waals surface area contributed by atoms with E-state index < -0.39 is 0 Å². The molecule has 1 saturated carbocycles. The molecule has 3 atom stereocenters. The average molecular weight is 295 g/mol. The Morgan fingerprint density at radius 3 is 2.86 bits per heavy atom. The maximum Gasteiger partial charge on any atom is 0.253 e. The zero-order valence-electron chi connectivity index (χ0n) is 12.7. The number of aliphatic hydroxyl groups is 1. The van der Waals surface area contributed by atoms with Crippen LogP contribution >= 0.6 is 0 Å². The van der Waals surface area contributed by atoms with Crippen molar-refractivity contribution in [1.29, 1.82) is 0 Å². The van der Waals surface area contributed by atoms with Crippen molar-refractivity contribution in [1.82, 2.24) is 4.90 Å². The summed E-state index contributed by atoms with van der Waals surface area (Å²) in [4.78, 5) is 14.8. The van der Waals surface area contributed by atoms with Gasteiger partial charge in [-0.25, -0.2) is 0 Å². The summed E-state index contributed by atoms with van der Waals surface area (Å²) in [6.07, 6.45) is 4.25. The number of rotatable bonds is 2. The highest BCUT2D eigenvalue weighted by molar-refractivity contribution is 5.94. The number of morpholine rings is 1. The molecule has 0 unspecified atom stereocenters.